The number of rotatable bonds is 4. The first-order valence-corrected chi connectivity index (χ1v) is 7.87. The Hall–Kier alpha value is -2.13. The minimum Gasteiger partial charge on any atom is -0.325 e. The first-order valence-electron chi connectivity index (χ1n) is 7.87. The zero-order valence-electron chi connectivity index (χ0n) is 13.1. The molecule has 0 radical (unpaired) electrons. The van der Waals surface area contributed by atoms with Crippen LogP contribution in [-0.4, -0.2) is 5.91 Å². The molecule has 0 saturated carbocycles. The third kappa shape index (κ3) is 2.64. The Morgan fingerprint density at radius 2 is 1.95 bits per heavy atom. The van der Waals surface area contributed by atoms with Gasteiger partial charge in [-0.2, -0.15) is 0 Å². The van der Waals surface area contributed by atoms with E-state index in [9.17, 15) is 4.79 Å². The Labute approximate surface area is 131 Å². The quantitative estimate of drug-likeness (QED) is 0.906. The minimum atomic E-state index is -0.0934. The number of aryl methyl sites for hydroxylation is 1. The molecule has 1 amide bonds. The second-order valence-electron chi connectivity index (χ2n) is 6.00. The van der Waals surface area contributed by atoms with Crippen molar-refractivity contribution in [3.8, 4) is 0 Å². The highest BCUT2D eigenvalue weighted by Gasteiger charge is 2.29. The van der Waals surface area contributed by atoms with E-state index in [4.69, 9.17) is 5.73 Å². The molecule has 0 fully saturated rings. The van der Waals surface area contributed by atoms with Crippen LogP contribution in [0.3, 0.4) is 0 Å². The molecule has 3 nitrogen and oxygen atoms in total. The van der Waals surface area contributed by atoms with E-state index in [0.29, 0.717) is 0 Å². The van der Waals surface area contributed by atoms with Gasteiger partial charge in [-0.25, -0.2) is 0 Å². The van der Waals surface area contributed by atoms with Crippen LogP contribution in [0, 0.1) is 0 Å². The van der Waals surface area contributed by atoms with Crippen LogP contribution in [0.15, 0.2) is 42.5 Å². The highest BCUT2D eigenvalue weighted by molar-refractivity contribution is 6.03. The average molecular weight is 294 g/mol. The van der Waals surface area contributed by atoms with Crippen LogP contribution in [0.25, 0.3) is 0 Å². The second-order valence-corrected chi connectivity index (χ2v) is 6.00. The number of carbonyl (C=O) groups excluding carboxylic acids is 1. The van der Waals surface area contributed by atoms with E-state index in [1.165, 1.54) is 11.1 Å². The normalized spacial score (nSPS) is 18.0. The summed E-state index contributed by atoms with van der Waals surface area (Å²) in [7, 11) is 0. The fourth-order valence-corrected chi connectivity index (χ4v) is 3.10. The van der Waals surface area contributed by atoms with Gasteiger partial charge in [-0.3, -0.25) is 4.79 Å². The first kappa shape index (κ1) is 14.8. The van der Waals surface area contributed by atoms with Gasteiger partial charge in [-0.05, 0) is 42.0 Å². The predicted molar refractivity (Wildman–Crippen MR) is 89.9 cm³/mol. The Bertz CT molecular complexity index is 694. The number of carbonyl (C=O) groups is 1. The summed E-state index contributed by atoms with van der Waals surface area (Å²) in [6.07, 6.45) is 1.69. The predicted octanol–water partition coefficient (Wildman–Crippen LogP) is 3.55. The van der Waals surface area contributed by atoms with Crippen molar-refractivity contribution < 1.29 is 4.79 Å². The molecule has 2 atom stereocenters. The van der Waals surface area contributed by atoms with Gasteiger partial charge in [0.2, 0.25) is 5.91 Å². The van der Waals surface area contributed by atoms with Crippen LogP contribution in [-0.2, 0) is 17.6 Å². The van der Waals surface area contributed by atoms with E-state index in [1.807, 2.05) is 25.1 Å². The Morgan fingerprint density at radius 3 is 2.64 bits per heavy atom. The lowest BCUT2D eigenvalue weighted by atomic mass is 9.91. The molecular formula is C19H22N2O. The highest BCUT2D eigenvalue weighted by atomic mass is 16.2. The maximum Gasteiger partial charge on any atom is 0.231 e. The van der Waals surface area contributed by atoms with Gasteiger partial charge in [0.05, 0.1) is 5.92 Å². The van der Waals surface area contributed by atoms with E-state index >= 15 is 0 Å². The van der Waals surface area contributed by atoms with Crippen molar-refractivity contribution in [2.24, 2.45) is 5.73 Å². The summed E-state index contributed by atoms with van der Waals surface area (Å²) in [5.74, 6) is -0.0114. The number of benzene rings is 2. The number of hydrogen-bond donors (Lipinski definition) is 2. The molecule has 1 aliphatic rings. The smallest absolute Gasteiger partial charge is 0.231 e. The summed E-state index contributed by atoms with van der Waals surface area (Å²) in [5.41, 5.74) is 12.0. The van der Waals surface area contributed by atoms with Gasteiger partial charge in [-0.1, -0.05) is 49.4 Å². The molecule has 2 unspecified atom stereocenters. The molecule has 3 heteroatoms. The zero-order valence-corrected chi connectivity index (χ0v) is 13.1. The van der Waals surface area contributed by atoms with E-state index < -0.39 is 0 Å². The molecule has 0 aromatic heterocycles. The Balaban J connectivity index is 1.93. The molecule has 114 valence electrons. The van der Waals surface area contributed by atoms with E-state index in [0.717, 1.165) is 29.7 Å². The molecule has 0 spiro atoms. The van der Waals surface area contributed by atoms with E-state index in [-0.39, 0.29) is 17.9 Å². The van der Waals surface area contributed by atoms with Crippen LogP contribution < -0.4 is 11.1 Å². The maximum absolute atomic E-state index is 11.9. The number of fused-ring (bicyclic) bond motifs is 1. The molecule has 0 saturated heterocycles. The van der Waals surface area contributed by atoms with Crippen LogP contribution >= 0.6 is 0 Å². The molecule has 0 aliphatic carbocycles. The summed E-state index contributed by atoms with van der Waals surface area (Å²) in [6, 6.07) is 14.5. The van der Waals surface area contributed by atoms with Crippen molar-refractivity contribution in [2.45, 2.75) is 38.6 Å². The fourth-order valence-electron chi connectivity index (χ4n) is 3.10. The molecule has 1 heterocycles. The average Bonchev–Trinajstić information content (AvgIpc) is 2.82. The van der Waals surface area contributed by atoms with Crippen LogP contribution in [0.1, 0.15) is 48.1 Å². The zero-order chi connectivity index (χ0) is 15.7. The third-order valence-corrected chi connectivity index (χ3v) is 4.49. The number of amides is 1. The second kappa shape index (κ2) is 5.93. The standard InChI is InChI=1S/C19H22N2O/c1-3-14-10-15(11-16-12(2)19(22)21-18(14)16)17(20)9-13-7-5-4-6-8-13/h4-8,10-12,17H,3,9,20H2,1-2H3,(H,21,22). The maximum atomic E-state index is 11.9. The molecule has 3 rings (SSSR count). The van der Waals surface area contributed by atoms with Gasteiger partial charge >= 0.3 is 0 Å². The van der Waals surface area contributed by atoms with Crippen molar-refractivity contribution in [1.82, 2.24) is 0 Å². The first-order chi connectivity index (χ1) is 10.6. The van der Waals surface area contributed by atoms with Gasteiger partial charge in [0.25, 0.3) is 0 Å². The molecule has 2 aromatic rings. The SMILES string of the molecule is CCc1cc(C(N)Cc2ccccc2)cc2c1NC(=O)C2C. The number of hydrogen-bond acceptors (Lipinski definition) is 2. The number of nitrogens with two attached hydrogens (primary N) is 1. The minimum absolute atomic E-state index is 0.0547. The van der Waals surface area contributed by atoms with Gasteiger partial charge in [0, 0.05) is 11.7 Å². The van der Waals surface area contributed by atoms with Crippen LogP contribution in [0.4, 0.5) is 5.69 Å². The van der Waals surface area contributed by atoms with Crippen molar-refractivity contribution in [2.75, 3.05) is 5.32 Å². The van der Waals surface area contributed by atoms with E-state index in [2.05, 4.69) is 36.5 Å². The molecule has 1 aliphatic heterocycles. The monoisotopic (exact) mass is 294 g/mol. The van der Waals surface area contributed by atoms with Gasteiger partial charge in [-0.15, -0.1) is 0 Å². The molecule has 0 bridgehead atoms. The summed E-state index contributed by atoms with van der Waals surface area (Å²) >= 11 is 0. The topological polar surface area (TPSA) is 55.1 Å². The van der Waals surface area contributed by atoms with Crippen molar-refractivity contribution in [1.29, 1.82) is 0 Å². The number of nitrogens with one attached hydrogen (secondary N) is 1. The highest BCUT2D eigenvalue weighted by Crippen LogP contribution is 2.37. The van der Waals surface area contributed by atoms with Crippen molar-refractivity contribution in [3.63, 3.8) is 0 Å². The number of anilines is 1. The van der Waals surface area contributed by atoms with Crippen molar-refractivity contribution >= 4 is 11.6 Å². The molecular weight excluding hydrogens is 272 g/mol. The van der Waals surface area contributed by atoms with Crippen molar-refractivity contribution in [3.05, 3.63) is 64.7 Å². The van der Waals surface area contributed by atoms with Crippen LogP contribution in [0.2, 0.25) is 0 Å². The van der Waals surface area contributed by atoms with Gasteiger partial charge < -0.3 is 11.1 Å². The third-order valence-electron chi connectivity index (χ3n) is 4.49. The largest absolute Gasteiger partial charge is 0.325 e. The molecule has 22 heavy (non-hydrogen) atoms. The molecule has 3 N–H and O–H groups in total. The lowest BCUT2D eigenvalue weighted by Crippen LogP contribution is -2.14. The van der Waals surface area contributed by atoms with Crippen LogP contribution in [0.5, 0.6) is 0 Å². The van der Waals surface area contributed by atoms with E-state index in [1.54, 1.807) is 0 Å². The summed E-state index contributed by atoms with van der Waals surface area (Å²) in [6.45, 7) is 4.06. The fraction of sp³-hybridized carbons (Fsp3) is 0.316. The lowest BCUT2D eigenvalue weighted by molar-refractivity contribution is -0.116. The van der Waals surface area contributed by atoms with Gasteiger partial charge in [0.1, 0.15) is 0 Å². The van der Waals surface area contributed by atoms with Gasteiger partial charge in [0.15, 0.2) is 0 Å². The molecule has 2 aromatic carbocycles. The lowest BCUT2D eigenvalue weighted by Gasteiger charge is -2.16. The summed E-state index contributed by atoms with van der Waals surface area (Å²) < 4.78 is 0. The Morgan fingerprint density at radius 1 is 1.23 bits per heavy atom. The summed E-state index contributed by atoms with van der Waals surface area (Å²) in [5, 5.41) is 3.00. The summed E-state index contributed by atoms with van der Waals surface area (Å²) in [4.78, 5) is 11.9. The Kier molecular flexibility index (Phi) is 3.99.